The summed E-state index contributed by atoms with van der Waals surface area (Å²) in [6.45, 7) is 0.0362. The topological polar surface area (TPSA) is 25.4 Å². The van der Waals surface area contributed by atoms with Gasteiger partial charge in [-0.25, -0.2) is 13.2 Å². The van der Waals surface area contributed by atoms with Crippen LogP contribution in [0.25, 0.3) is 0 Å². The molecule has 0 amide bonds. The quantitative estimate of drug-likeness (QED) is 0.785. The molecule has 6 heteroatoms. The minimum absolute atomic E-state index is 0.0103. The van der Waals surface area contributed by atoms with Crippen molar-refractivity contribution in [2.45, 2.75) is 11.8 Å². The third-order valence-electron chi connectivity index (χ3n) is 3.26. The monoisotopic (exact) mass is 343 g/mol. The number of epoxide rings is 1. The first-order valence-electron chi connectivity index (χ1n) is 5.88. The second-order valence-corrected chi connectivity index (χ2v) is 5.48. The second kappa shape index (κ2) is 4.86. The highest BCUT2D eigenvalue weighted by molar-refractivity contribution is 9.10. The number of rotatable bonds is 3. The summed E-state index contributed by atoms with van der Waals surface area (Å²) in [4.78, 5) is 3.96. The Balaban J connectivity index is 1.97. The van der Waals surface area contributed by atoms with Gasteiger partial charge in [0.1, 0.15) is 11.6 Å². The van der Waals surface area contributed by atoms with E-state index in [1.165, 1.54) is 18.3 Å². The highest BCUT2D eigenvalue weighted by Crippen LogP contribution is 2.51. The Hall–Kier alpha value is -1.40. The summed E-state index contributed by atoms with van der Waals surface area (Å²) in [5.41, 5.74) is -1.25. The first-order chi connectivity index (χ1) is 9.53. The van der Waals surface area contributed by atoms with Gasteiger partial charge in [0.15, 0.2) is 11.8 Å². The zero-order chi connectivity index (χ0) is 14.3. The predicted molar refractivity (Wildman–Crippen MR) is 69.8 cm³/mol. The smallest absolute Gasteiger partial charge is 0.177 e. The lowest BCUT2D eigenvalue weighted by atomic mass is 9.92. The van der Waals surface area contributed by atoms with Crippen molar-refractivity contribution >= 4 is 15.9 Å². The van der Waals surface area contributed by atoms with Crippen LogP contribution in [0.3, 0.4) is 0 Å². The van der Waals surface area contributed by atoms with Gasteiger partial charge in [-0.2, -0.15) is 0 Å². The molecule has 2 atom stereocenters. The van der Waals surface area contributed by atoms with Crippen molar-refractivity contribution in [1.82, 2.24) is 4.98 Å². The van der Waals surface area contributed by atoms with Crippen molar-refractivity contribution < 1.29 is 17.9 Å². The van der Waals surface area contributed by atoms with Crippen molar-refractivity contribution in [3.05, 3.63) is 63.9 Å². The van der Waals surface area contributed by atoms with E-state index < -0.39 is 23.4 Å². The second-order valence-electron chi connectivity index (χ2n) is 4.57. The number of benzene rings is 1. The van der Waals surface area contributed by atoms with Crippen LogP contribution < -0.4 is 0 Å². The van der Waals surface area contributed by atoms with Gasteiger partial charge >= 0.3 is 0 Å². The Morgan fingerprint density at radius 2 is 2.00 bits per heavy atom. The number of aromatic nitrogens is 1. The largest absolute Gasteiger partial charge is 0.361 e. The van der Waals surface area contributed by atoms with Gasteiger partial charge in [0.05, 0.1) is 12.3 Å². The van der Waals surface area contributed by atoms with Crippen LogP contribution in [0.5, 0.6) is 0 Å². The van der Waals surface area contributed by atoms with Gasteiger partial charge in [-0.1, -0.05) is 6.07 Å². The summed E-state index contributed by atoms with van der Waals surface area (Å²) < 4.78 is 47.2. The Morgan fingerprint density at radius 3 is 2.55 bits per heavy atom. The third-order valence-corrected chi connectivity index (χ3v) is 3.73. The molecule has 1 aromatic carbocycles. The maximum atomic E-state index is 14.6. The molecule has 0 saturated carbocycles. The van der Waals surface area contributed by atoms with Crippen LogP contribution >= 0.6 is 15.9 Å². The van der Waals surface area contributed by atoms with Gasteiger partial charge in [-0.3, -0.25) is 4.98 Å². The number of hydrogen-bond acceptors (Lipinski definition) is 2. The Bertz CT molecular complexity index is 643. The summed E-state index contributed by atoms with van der Waals surface area (Å²) in [7, 11) is 0. The summed E-state index contributed by atoms with van der Waals surface area (Å²) >= 11 is 3.21. The maximum Gasteiger partial charge on any atom is 0.177 e. The molecule has 1 saturated heterocycles. The van der Waals surface area contributed by atoms with E-state index in [9.17, 15) is 13.2 Å². The number of alkyl halides is 1. The fourth-order valence-electron chi connectivity index (χ4n) is 2.12. The van der Waals surface area contributed by atoms with Crippen molar-refractivity contribution in [3.63, 3.8) is 0 Å². The van der Waals surface area contributed by atoms with Gasteiger partial charge < -0.3 is 4.74 Å². The number of hydrogen-bond donors (Lipinski definition) is 0. The number of ether oxygens (including phenoxy) is 1. The van der Waals surface area contributed by atoms with Crippen LogP contribution in [-0.4, -0.2) is 11.6 Å². The van der Waals surface area contributed by atoms with Crippen molar-refractivity contribution in [2.24, 2.45) is 0 Å². The van der Waals surface area contributed by atoms with Crippen molar-refractivity contribution in [3.8, 4) is 0 Å². The first kappa shape index (κ1) is 13.6. The highest BCUT2D eigenvalue weighted by Gasteiger charge is 2.56. The summed E-state index contributed by atoms with van der Waals surface area (Å²) in [5.74, 6) is -1.53. The Labute approximate surface area is 121 Å². The van der Waals surface area contributed by atoms with Crippen LogP contribution in [0.15, 0.2) is 41.0 Å². The van der Waals surface area contributed by atoms with Crippen LogP contribution in [0.1, 0.15) is 17.4 Å². The third kappa shape index (κ3) is 2.23. The van der Waals surface area contributed by atoms with Crippen molar-refractivity contribution in [1.29, 1.82) is 0 Å². The van der Waals surface area contributed by atoms with Gasteiger partial charge in [0.25, 0.3) is 0 Å². The molecule has 3 rings (SSSR count). The molecule has 2 aromatic rings. The number of pyridine rings is 1. The standard InChI is InChI=1S/C14H9BrF3NO/c15-8-1-4-12(19-6-8)13(18)14(7-20-14)10-3-2-9(16)5-11(10)17/h1-6,13H,7H2. The highest BCUT2D eigenvalue weighted by atomic mass is 79.9. The molecular weight excluding hydrogens is 335 g/mol. The van der Waals surface area contributed by atoms with E-state index >= 15 is 0 Å². The predicted octanol–water partition coefficient (Wildman–Crippen LogP) is 4.06. The van der Waals surface area contributed by atoms with Gasteiger partial charge in [-0.15, -0.1) is 0 Å². The van der Waals surface area contributed by atoms with Gasteiger partial charge in [0, 0.05) is 22.3 Å². The molecule has 20 heavy (non-hydrogen) atoms. The molecule has 104 valence electrons. The molecule has 1 aliphatic heterocycles. The normalized spacial score (nSPS) is 22.6. The maximum absolute atomic E-state index is 14.6. The van der Waals surface area contributed by atoms with E-state index in [-0.39, 0.29) is 17.9 Å². The minimum atomic E-state index is -1.62. The van der Waals surface area contributed by atoms with Crippen LogP contribution in [0, 0.1) is 11.6 Å². The van der Waals surface area contributed by atoms with E-state index in [0.29, 0.717) is 4.47 Å². The molecule has 1 fully saturated rings. The average Bonchev–Trinajstić information content (AvgIpc) is 3.20. The number of halogens is 4. The van der Waals surface area contributed by atoms with E-state index in [4.69, 9.17) is 4.74 Å². The zero-order valence-corrected chi connectivity index (χ0v) is 11.7. The Kier molecular flexibility index (Phi) is 3.30. The van der Waals surface area contributed by atoms with E-state index in [1.54, 1.807) is 6.07 Å². The van der Waals surface area contributed by atoms with E-state index in [2.05, 4.69) is 20.9 Å². The molecule has 0 aliphatic carbocycles. The zero-order valence-electron chi connectivity index (χ0n) is 10.1. The molecule has 2 nitrogen and oxygen atoms in total. The van der Waals surface area contributed by atoms with Crippen LogP contribution in [0.4, 0.5) is 13.2 Å². The molecule has 1 aromatic heterocycles. The molecule has 1 aliphatic rings. The summed E-state index contributed by atoms with van der Waals surface area (Å²) in [5, 5.41) is 0. The average molecular weight is 344 g/mol. The molecule has 0 spiro atoms. The molecule has 2 unspecified atom stereocenters. The van der Waals surface area contributed by atoms with Crippen molar-refractivity contribution in [2.75, 3.05) is 6.61 Å². The minimum Gasteiger partial charge on any atom is -0.361 e. The molecule has 0 bridgehead atoms. The fraction of sp³-hybridized carbons (Fsp3) is 0.214. The van der Waals surface area contributed by atoms with Crippen LogP contribution in [0.2, 0.25) is 0 Å². The lowest BCUT2D eigenvalue weighted by molar-refractivity contribution is 0.154. The van der Waals surface area contributed by atoms with Crippen LogP contribution in [-0.2, 0) is 10.3 Å². The fourth-order valence-corrected chi connectivity index (χ4v) is 2.36. The Morgan fingerprint density at radius 1 is 1.25 bits per heavy atom. The van der Waals surface area contributed by atoms with Gasteiger partial charge in [-0.05, 0) is 34.1 Å². The molecule has 2 heterocycles. The first-order valence-corrected chi connectivity index (χ1v) is 6.67. The van der Waals surface area contributed by atoms with E-state index in [1.807, 2.05) is 0 Å². The summed E-state index contributed by atoms with van der Waals surface area (Å²) in [6, 6.07) is 6.17. The lowest BCUT2D eigenvalue weighted by Gasteiger charge is -2.17. The molecule has 0 N–H and O–H groups in total. The lowest BCUT2D eigenvalue weighted by Crippen LogP contribution is -2.19. The molecule has 0 radical (unpaired) electrons. The SMILES string of the molecule is Fc1ccc(C2(C(F)c3ccc(Br)cn3)CO2)c(F)c1. The molecular formula is C14H9BrF3NO. The summed E-state index contributed by atoms with van der Waals surface area (Å²) in [6.07, 6.45) is -0.158. The van der Waals surface area contributed by atoms with Gasteiger partial charge in [0.2, 0.25) is 0 Å². The van der Waals surface area contributed by atoms with E-state index in [0.717, 1.165) is 12.1 Å². The number of nitrogens with zero attached hydrogens (tertiary/aromatic N) is 1.